The Morgan fingerprint density at radius 2 is 1.62 bits per heavy atom. The van der Waals surface area contributed by atoms with Crippen LogP contribution in [0.4, 0.5) is 19.7 Å². The van der Waals surface area contributed by atoms with E-state index in [1.165, 1.54) is 12.1 Å². The number of hydrogen-bond donors (Lipinski definition) is 0. The number of aromatic nitrogens is 4. The lowest BCUT2D eigenvalue weighted by Gasteiger charge is -2.44. The smallest absolute Gasteiger partial charge is 0.414 e. The van der Waals surface area contributed by atoms with Gasteiger partial charge in [0, 0.05) is 63.5 Å². The van der Waals surface area contributed by atoms with Gasteiger partial charge < -0.3 is 23.7 Å². The van der Waals surface area contributed by atoms with Gasteiger partial charge in [-0.1, -0.05) is 31.2 Å². The molecule has 0 spiro atoms. The highest BCUT2D eigenvalue weighted by Gasteiger charge is 2.36. The summed E-state index contributed by atoms with van der Waals surface area (Å²) < 4.78 is 34.8. The molecule has 5 rings (SSSR count). The van der Waals surface area contributed by atoms with E-state index in [4.69, 9.17) is 30.8 Å². The predicted octanol–water partition coefficient (Wildman–Crippen LogP) is 9.34. The zero-order valence-corrected chi connectivity index (χ0v) is 36.4. The number of piperazine rings is 1. The summed E-state index contributed by atoms with van der Waals surface area (Å²) in [4.78, 5) is 46.8. The van der Waals surface area contributed by atoms with E-state index < -0.39 is 31.2 Å². The fourth-order valence-electron chi connectivity index (χ4n) is 6.62. The average Bonchev–Trinajstić information content (AvgIpc) is 3.48. The van der Waals surface area contributed by atoms with Gasteiger partial charge in [-0.25, -0.2) is 23.9 Å². The Labute approximate surface area is 336 Å². The maximum Gasteiger partial charge on any atom is 0.414 e. The van der Waals surface area contributed by atoms with Crippen molar-refractivity contribution in [3.05, 3.63) is 59.8 Å². The molecular formula is C41H57ClFN7O5Si. The van der Waals surface area contributed by atoms with Gasteiger partial charge in [0.15, 0.2) is 0 Å². The molecule has 3 aromatic heterocycles. The number of hydrogen-bond acceptors (Lipinski definition) is 9. The molecule has 4 heterocycles. The average molecular weight is 810 g/mol. The van der Waals surface area contributed by atoms with Gasteiger partial charge in [-0.15, -0.1) is 0 Å². The van der Waals surface area contributed by atoms with Gasteiger partial charge in [-0.05, 0) is 97.8 Å². The van der Waals surface area contributed by atoms with Gasteiger partial charge in [-0.3, -0.25) is 14.8 Å². The van der Waals surface area contributed by atoms with Crippen LogP contribution in [0.3, 0.4) is 0 Å². The molecule has 12 nitrogen and oxygen atoms in total. The molecule has 2 atom stereocenters. The van der Waals surface area contributed by atoms with Crippen molar-refractivity contribution < 1.29 is 28.2 Å². The molecule has 56 heavy (non-hydrogen) atoms. The molecule has 0 aliphatic carbocycles. The molecule has 4 aromatic rings. The van der Waals surface area contributed by atoms with Gasteiger partial charge in [0.2, 0.25) is 0 Å². The van der Waals surface area contributed by atoms with Gasteiger partial charge in [0.05, 0.1) is 40.6 Å². The van der Waals surface area contributed by atoms with E-state index >= 15 is 4.39 Å². The number of carbonyl (C=O) groups is 2. The lowest BCUT2D eigenvalue weighted by atomic mass is 10.1. The number of nitrogens with zero attached hydrogens (tertiary/aromatic N) is 7. The topological polar surface area (TPSA) is 115 Å². The Balaban J connectivity index is 1.46. The molecule has 0 saturated carbocycles. The number of carbonyl (C=O) groups excluding carboxylic acids is 2. The van der Waals surface area contributed by atoms with E-state index in [9.17, 15) is 9.59 Å². The molecule has 0 bridgehead atoms. The zero-order chi connectivity index (χ0) is 41.2. The van der Waals surface area contributed by atoms with Gasteiger partial charge >= 0.3 is 12.2 Å². The fraction of sp³-hybridized carbons (Fsp3) is 0.537. The van der Waals surface area contributed by atoms with Crippen LogP contribution < -0.4 is 4.90 Å². The van der Waals surface area contributed by atoms with E-state index in [0.717, 1.165) is 6.04 Å². The predicted molar refractivity (Wildman–Crippen MR) is 222 cm³/mol. The Morgan fingerprint density at radius 1 is 0.946 bits per heavy atom. The summed E-state index contributed by atoms with van der Waals surface area (Å²) in [7, 11) is -1.33. The molecule has 1 aliphatic heterocycles. The van der Waals surface area contributed by atoms with Crippen molar-refractivity contribution in [2.45, 2.75) is 111 Å². The molecule has 1 saturated heterocycles. The Kier molecular flexibility index (Phi) is 13.2. The van der Waals surface area contributed by atoms with Crippen LogP contribution >= 0.6 is 11.6 Å². The van der Waals surface area contributed by atoms with Crippen LogP contribution in [0.25, 0.3) is 33.7 Å². The van der Waals surface area contributed by atoms with E-state index in [1.54, 1.807) is 28.4 Å². The first-order chi connectivity index (χ1) is 26.1. The lowest BCUT2D eigenvalue weighted by molar-refractivity contribution is -0.0145. The van der Waals surface area contributed by atoms with Gasteiger partial charge in [0.1, 0.15) is 29.4 Å². The number of pyridine rings is 2. The molecule has 0 N–H and O–H groups in total. The number of anilines is 1. The molecule has 1 aromatic carbocycles. The summed E-state index contributed by atoms with van der Waals surface area (Å²) in [5.41, 5.74) is 2.00. The van der Waals surface area contributed by atoms with Gasteiger partial charge in [-0.2, -0.15) is 0 Å². The minimum Gasteiger partial charge on any atom is -0.444 e. The first-order valence-corrected chi connectivity index (χ1v) is 23.3. The van der Waals surface area contributed by atoms with E-state index in [2.05, 4.69) is 34.5 Å². The maximum atomic E-state index is 15.3. The Bertz CT molecular complexity index is 2010. The van der Waals surface area contributed by atoms with Crippen LogP contribution in [0.1, 0.15) is 55.4 Å². The molecule has 0 radical (unpaired) electrons. The quantitative estimate of drug-likeness (QED) is 0.108. The maximum absolute atomic E-state index is 15.3. The summed E-state index contributed by atoms with van der Waals surface area (Å²) in [6.45, 7) is 24.8. The van der Waals surface area contributed by atoms with Crippen molar-refractivity contribution in [3.8, 4) is 22.6 Å². The third-order valence-corrected chi connectivity index (χ3v) is 11.1. The SMILES string of the molecule is CC1CN(CCN(C(=O)OC(C)(C)C)c2cnc3ccc(-c4c(-c5cc(Cl)ccc5F)ncn4COCC[Si](C)(C)C)nc3c2)CC(C)N1C(=O)OC(C)(C)C. The largest absolute Gasteiger partial charge is 0.444 e. The summed E-state index contributed by atoms with van der Waals surface area (Å²) in [5.74, 6) is -0.465. The van der Waals surface area contributed by atoms with Crippen molar-refractivity contribution in [1.29, 1.82) is 0 Å². The highest BCUT2D eigenvalue weighted by Crippen LogP contribution is 2.35. The standard InChI is InChI=1S/C41H57ClFN7O5Si/c1-27-23-47(24-28(2)50(27)39(52)55-41(6,7)8)16-17-49(38(51)54-40(3,4)5)30-21-35-33(44-22-30)14-15-34(46-35)37-36(31-20-29(42)12-13-32(31)43)45-25-48(37)26-53-18-19-56(9,10)11/h12-15,20-22,25,27-28H,16-19,23-24,26H2,1-11H3. The second kappa shape index (κ2) is 17.2. The number of imidazole rings is 1. The summed E-state index contributed by atoms with van der Waals surface area (Å²) in [5, 5.41) is 0.379. The minimum absolute atomic E-state index is 0.0991. The third-order valence-electron chi connectivity index (χ3n) is 9.18. The van der Waals surface area contributed by atoms with Crippen LogP contribution in [-0.2, 0) is 20.9 Å². The summed E-state index contributed by atoms with van der Waals surface area (Å²) in [6, 6.07) is 10.6. The molecule has 15 heteroatoms. The molecular weight excluding hydrogens is 753 g/mol. The van der Waals surface area contributed by atoms with Crippen molar-refractivity contribution >= 4 is 48.6 Å². The highest BCUT2D eigenvalue weighted by molar-refractivity contribution is 6.76. The molecule has 2 unspecified atom stereocenters. The fourth-order valence-corrected chi connectivity index (χ4v) is 7.54. The second-order valence-electron chi connectivity index (χ2n) is 17.8. The molecule has 304 valence electrons. The van der Waals surface area contributed by atoms with E-state index in [0.29, 0.717) is 71.6 Å². The van der Waals surface area contributed by atoms with Crippen molar-refractivity contribution in [2.75, 3.05) is 37.7 Å². The normalized spacial score (nSPS) is 17.0. The number of halogens is 2. The number of benzene rings is 1. The first kappa shape index (κ1) is 43.0. The number of amides is 2. The first-order valence-electron chi connectivity index (χ1n) is 19.2. The molecule has 1 fully saturated rings. The van der Waals surface area contributed by atoms with E-state index in [1.807, 2.05) is 78.2 Å². The summed E-state index contributed by atoms with van der Waals surface area (Å²) in [6.07, 6.45) is 2.42. The third kappa shape index (κ3) is 11.3. The van der Waals surface area contributed by atoms with Crippen molar-refractivity contribution in [3.63, 3.8) is 0 Å². The summed E-state index contributed by atoms with van der Waals surface area (Å²) >= 11 is 6.32. The Morgan fingerprint density at radius 3 is 2.27 bits per heavy atom. The lowest BCUT2D eigenvalue weighted by Crippen LogP contribution is -2.60. The number of fused-ring (bicyclic) bond motifs is 1. The number of ether oxygens (including phenoxy) is 3. The highest BCUT2D eigenvalue weighted by atomic mass is 35.5. The molecule has 1 aliphatic rings. The molecule has 2 amide bonds. The number of rotatable bonds is 11. The van der Waals surface area contributed by atoms with Crippen molar-refractivity contribution in [2.24, 2.45) is 0 Å². The van der Waals surface area contributed by atoms with Crippen molar-refractivity contribution in [1.82, 2.24) is 29.3 Å². The Hall–Kier alpha value is -4.11. The van der Waals surface area contributed by atoms with Gasteiger partial charge in [0.25, 0.3) is 0 Å². The van der Waals surface area contributed by atoms with E-state index in [-0.39, 0.29) is 30.5 Å². The second-order valence-corrected chi connectivity index (χ2v) is 23.8. The minimum atomic E-state index is -1.33. The van der Waals surface area contributed by atoms with Crippen LogP contribution in [0.2, 0.25) is 30.7 Å². The van der Waals surface area contributed by atoms with Crippen LogP contribution in [0, 0.1) is 5.82 Å². The zero-order valence-electron chi connectivity index (χ0n) is 34.7. The van der Waals surface area contributed by atoms with Crippen LogP contribution in [0.5, 0.6) is 0 Å². The van der Waals surface area contributed by atoms with Crippen LogP contribution in [0.15, 0.2) is 48.9 Å². The van der Waals surface area contributed by atoms with Crippen LogP contribution in [-0.4, -0.2) is 106 Å². The monoisotopic (exact) mass is 809 g/mol.